The molecule has 1 aromatic heterocycles. The van der Waals surface area contributed by atoms with E-state index in [0.29, 0.717) is 5.69 Å². The molecule has 0 unspecified atom stereocenters. The zero-order valence-corrected chi connectivity index (χ0v) is 8.22. The Morgan fingerprint density at radius 2 is 1.92 bits per heavy atom. The highest BCUT2D eigenvalue weighted by molar-refractivity contribution is 6.28. The van der Waals surface area contributed by atoms with Gasteiger partial charge in [-0.25, -0.2) is 0 Å². The lowest BCUT2D eigenvalue weighted by atomic mass is 9.92. The summed E-state index contributed by atoms with van der Waals surface area (Å²) in [5, 5.41) is 11.6. The summed E-state index contributed by atoms with van der Waals surface area (Å²) in [5.41, 5.74) is 0.530. The molecule has 3 heteroatoms. The molecule has 0 atom stereocenters. The summed E-state index contributed by atoms with van der Waals surface area (Å²) >= 11 is 5.67. The van der Waals surface area contributed by atoms with Crippen molar-refractivity contribution in [2.75, 3.05) is 0 Å². The second-order valence-electron chi connectivity index (χ2n) is 3.78. The molecule has 0 bridgehead atoms. The van der Waals surface area contributed by atoms with Gasteiger partial charge in [-0.3, -0.25) is 0 Å². The Kier molecular flexibility index (Phi) is 2.29. The van der Waals surface area contributed by atoms with Crippen LogP contribution in [0, 0.1) is 5.21 Å². The molecule has 66 valence electrons. The molecule has 2 nitrogen and oxygen atoms in total. The normalized spacial score (nSPS) is 11.7. The predicted molar refractivity (Wildman–Crippen MR) is 49.1 cm³/mol. The van der Waals surface area contributed by atoms with Gasteiger partial charge in [0.15, 0.2) is 5.69 Å². The monoisotopic (exact) mass is 185 g/mol. The molecule has 0 aliphatic heterocycles. The van der Waals surface area contributed by atoms with Gasteiger partial charge in [0.2, 0.25) is 0 Å². The van der Waals surface area contributed by atoms with Gasteiger partial charge in [0.25, 0.3) is 5.15 Å². The summed E-state index contributed by atoms with van der Waals surface area (Å²) in [4.78, 5) is 0. The highest BCUT2D eigenvalue weighted by Crippen LogP contribution is 2.19. The van der Waals surface area contributed by atoms with Crippen LogP contribution in [0.25, 0.3) is 0 Å². The van der Waals surface area contributed by atoms with Crippen LogP contribution in [-0.4, -0.2) is 0 Å². The Morgan fingerprint density at radius 3 is 2.33 bits per heavy atom. The van der Waals surface area contributed by atoms with Gasteiger partial charge in [0.05, 0.1) is 0 Å². The Hall–Kier alpha value is -0.760. The fourth-order valence-electron chi connectivity index (χ4n) is 1.02. The molecule has 12 heavy (non-hydrogen) atoms. The van der Waals surface area contributed by atoms with Gasteiger partial charge in [-0.2, -0.15) is 4.73 Å². The van der Waals surface area contributed by atoms with Crippen molar-refractivity contribution in [3.8, 4) is 0 Å². The van der Waals surface area contributed by atoms with Gasteiger partial charge in [-0.1, -0.05) is 20.8 Å². The lowest BCUT2D eigenvalue weighted by Crippen LogP contribution is -2.39. The molecule has 0 saturated heterocycles. The third-order valence-corrected chi connectivity index (χ3v) is 1.95. The van der Waals surface area contributed by atoms with Crippen LogP contribution >= 0.6 is 11.6 Å². The Morgan fingerprint density at radius 1 is 1.33 bits per heavy atom. The summed E-state index contributed by atoms with van der Waals surface area (Å²) in [5.74, 6) is 0. The molecular formula is C9H12ClNO. The first-order valence-corrected chi connectivity index (χ1v) is 4.19. The largest absolute Gasteiger partial charge is 0.617 e. The average Bonchev–Trinajstić information content (AvgIpc) is 1.92. The maximum atomic E-state index is 11.4. The average molecular weight is 186 g/mol. The smallest absolute Gasteiger partial charge is 0.286 e. The molecular weight excluding hydrogens is 174 g/mol. The summed E-state index contributed by atoms with van der Waals surface area (Å²) < 4.78 is 0.765. The van der Waals surface area contributed by atoms with Crippen LogP contribution in [0.15, 0.2) is 18.2 Å². The molecule has 0 aliphatic carbocycles. The number of halogens is 1. The summed E-state index contributed by atoms with van der Waals surface area (Å²) in [6.45, 7) is 5.94. The van der Waals surface area contributed by atoms with Crippen LogP contribution in [0.2, 0.25) is 5.15 Å². The van der Waals surface area contributed by atoms with Crippen LogP contribution in [-0.2, 0) is 5.41 Å². The van der Waals surface area contributed by atoms with Crippen molar-refractivity contribution < 1.29 is 4.73 Å². The SMILES string of the molecule is CC(C)(C)c1cccc(Cl)[n+]1[O-]. The van der Waals surface area contributed by atoms with Crippen molar-refractivity contribution in [3.63, 3.8) is 0 Å². The summed E-state index contributed by atoms with van der Waals surface area (Å²) in [6, 6.07) is 5.17. The fraction of sp³-hybridized carbons (Fsp3) is 0.444. The molecule has 1 aromatic rings. The Balaban J connectivity index is 3.26. The molecule has 0 aliphatic rings. The predicted octanol–water partition coefficient (Wildman–Crippen LogP) is 2.27. The highest BCUT2D eigenvalue weighted by atomic mass is 35.5. The van der Waals surface area contributed by atoms with E-state index < -0.39 is 0 Å². The van der Waals surface area contributed by atoms with Gasteiger partial charge in [-0.15, -0.1) is 0 Å². The zero-order valence-electron chi connectivity index (χ0n) is 7.47. The second kappa shape index (κ2) is 2.94. The van der Waals surface area contributed by atoms with E-state index >= 15 is 0 Å². The number of hydrogen-bond acceptors (Lipinski definition) is 1. The first-order chi connectivity index (χ1) is 5.43. The van der Waals surface area contributed by atoms with Gasteiger partial charge >= 0.3 is 0 Å². The highest BCUT2D eigenvalue weighted by Gasteiger charge is 2.23. The van der Waals surface area contributed by atoms with E-state index in [1.54, 1.807) is 18.2 Å². The minimum Gasteiger partial charge on any atom is -0.617 e. The van der Waals surface area contributed by atoms with Gasteiger partial charge in [0, 0.05) is 17.5 Å². The third kappa shape index (κ3) is 1.69. The van der Waals surface area contributed by atoms with Crippen LogP contribution in [0.3, 0.4) is 0 Å². The molecule has 1 rings (SSSR count). The van der Waals surface area contributed by atoms with Crippen molar-refractivity contribution in [2.45, 2.75) is 26.2 Å². The summed E-state index contributed by atoms with van der Waals surface area (Å²) in [6.07, 6.45) is 0. The second-order valence-corrected chi connectivity index (χ2v) is 4.17. The minimum atomic E-state index is -0.160. The Labute approximate surface area is 77.4 Å². The van der Waals surface area contributed by atoms with E-state index in [1.807, 2.05) is 20.8 Å². The van der Waals surface area contributed by atoms with E-state index in [9.17, 15) is 5.21 Å². The molecule has 0 saturated carbocycles. The molecule has 0 radical (unpaired) electrons. The van der Waals surface area contributed by atoms with E-state index in [0.717, 1.165) is 4.73 Å². The quantitative estimate of drug-likeness (QED) is 0.346. The number of rotatable bonds is 0. The molecule has 0 fully saturated rings. The molecule has 0 aromatic carbocycles. The zero-order chi connectivity index (χ0) is 9.35. The van der Waals surface area contributed by atoms with E-state index in [2.05, 4.69) is 0 Å². The minimum absolute atomic E-state index is 0.160. The maximum Gasteiger partial charge on any atom is 0.286 e. The van der Waals surface area contributed by atoms with E-state index in [1.165, 1.54) is 0 Å². The third-order valence-electron chi connectivity index (χ3n) is 1.67. The lowest BCUT2D eigenvalue weighted by Gasteiger charge is -2.17. The van der Waals surface area contributed by atoms with Crippen molar-refractivity contribution >= 4 is 11.6 Å². The molecule has 1 heterocycles. The maximum absolute atomic E-state index is 11.4. The molecule has 0 spiro atoms. The van der Waals surface area contributed by atoms with Crippen molar-refractivity contribution in [2.24, 2.45) is 0 Å². The fourth-order valence-corrected chi connectivity index (χ4v) is 1.19. The van der Waals surface area contributed by atoms with Crippen LogP contribution in [0.5, 0.6) is 0 Å². The van der Waals surface area contributed by atoms with Crippen molar-refractivity contribution in [1.82, 2.24) is 0 Å². The summed E-state index contributed by atoms with van der Waals surface area (Å²) in [7, 11) is 0. The van der Waals surface area contributed by atoms with Crippen molar-refractivity contribution in [3.05, 3.63) is 34.3 Å². The number of pyridine rings is 1. The molecule has 0 N–H and O–H groups in total. The lowest BCUT2D eigenvalue weighted by molar-refractivity contribution is -0.615. The van der Waals surface area contributed by atoms with E-state index in [-0.39, 0.29) is 10.6 Å². The van der Waals surface area contributed by atoms with Gasteiger partial charge < -0.3 is 5.21 Å². The Bertz CT molecular complexity index is 291. The first-order valence-electron chi connectivity index (χ1n) is 3.81. The number of aromatic nitrogens is 1. The van der Waals surface area contributed by atoms with Crippen LogP contribution in [0.4, 0.5) is 0 Å². The number of nitrogens with zero attached hydrogens (tertiary/aromatic N) is 1. The molecule has 0 amide bonds. The van der Waals surface area contributed by atoms with Crippen LogP contribution in [0.1, 0.15) is 26.5 Å². The van der Waals surface area contributed by atoms with Gasteiger partial charge in [0.1, 0.15) is 0 Å². The number of hydrogen-bond donors (Lipinski definition) is 0. The van der Waals surface area contributed by atoms with Crippen LogP contribution < -0.4 is 4.73 Å². The standard InChI is InChI=1S/C9H12ClNO/c1-9(2,3)7-5-4-6-8(10)11(7)12/h4-6H,1-3H3. The van der Waals surface area contributed by atoms with E-state index in [4.69, 9.17) is 11.6 Å². The topological polar surface area (TPSA) is 26.9 Å². The first kappa shape index (κ1) is 9.33. The van der Waals surface area contributed by atoms with Crippen molar-refractivity contribution in [1.29, 1.82) is 0 Å². The van der Waals surface area contributed by atoms with Gasteiger partial charge in [-0.05, 0) is 17.7 Å².